The lowest BCUT2D eigenvalue weighted by molar-refractivity contribution is 0.279. The molecule has 0 atom stereocenters. The van der Waals surface area contributed by atoms with Gasteiger partial charge < -0.3 is 4.74 Å². The fraction of sp³-hybridized carbons (Fsp3) is 0.278. The van der Waals surface area contributed by atoms with Crippen molar-refractivity contribution in [1.82, 2.24) is 0 Å². The van der Waals surface area contributed by atoms with E-state index in [4.69, 9.17) is 10.2 Å². The lowest BCUT2D eigenvalue weighted by atomic mass is 9.98. The van der Waals surface area contributed by atoms with E-state index in [0.29, 0.717) is 29.2 Å². The predicted molar refractivity (Wildman–Crippen MR) is 83.2 cm³/mol. The molecule has 0 spiro atoms. The molecule has 0 fully saturated rings. The third kappa shape index (κ3) is 2.46. The molecule has 102 valence electrons. The van der Waals surface area contributed by atoms with Crippen LogP contribution in [0.5, 0.6) is 0 Å². The summed E-state index contributed by atoms with van der Waals surface area (Å²) in [4.78, 5) is 4.58. The van der Waals surface area contributed by atoms with Gasteiger partial charge in [-0.05, 0) is 38.0 Å². The van der Waals surface area contributed by atoms with Crippen molar-refractivity contribution in [2.24, 2.45) is 4.99 Å². The minimum Gasteiger partial charge on any atom is -0.475 e. The summed E-state index contributed by atoms with van der Waals surface area (Å²) in [5.41, 5.74) is 1.60. The molecule has 0 aliphatic carbocycles. The molecular weight excluding hydrogens is 246 g/mol. The van der Waals surface area contributed by atoms with Crippen molar-refractivity contribution < 1.29 is 10.2 Å². The number of rotatable bonds is 2. The standard InChI is InChI=1S/C18H19NO/c1-13-8-10-14(11-9-13)15-6-4-5-7-16(15)17-19-18(2,3)12-20-17/h4-11H,12H2,1-3H3/i8D,9D,10D,11D. The van der Waals surface area contributed by atoms with Gasteiger partial charge in [-0.25, -0.2) is 4.99 Å². The van der Waals surface area contributed by atoms with Crippen LogP contribution in [0.25, 0.3) is 11.1 Å². The van der Waals surface area contributed by atoms with Crippen molar-refractivity contribution in [3.63, 3.8) is 0 Å². The van der Waals surface area contributed by atoms with Crippen molar-refractivity contribution >= 4 is 5.90 Å². The molecule has 20 heavy (non-hydrogen) atoms. The highest BCUT2D eigenvalue weighted by Gasteiger charge is 2.28. The normalized spacial score (nSPS) is 19.4. The van der Waals surface area contributed by atoms with E-state index in [1.807, 2.05) is 32.0 Å². The highest BCUT2D eigenvalue weighted by Crippen LogP contribution is 2.28. The largest absolute Gasteiger partial charge is 0.475 e. The molecule has 2 nitrogen and oxygen atoms in total. The van der Waals surface area contributed by atoms with Crippen LogP contribution < -0.4 is 0 Å². The van der Waals surface area contributed by atoms with Crippen LogP contribution in [0, 0.1) is 6.92 Å². The Labute approximate surface area is 125 Å². The average Bonchev–Trinajstić information content (AvgIpc) is 2.91. The third-order valence-corrected chi connectivity index (χ3v) is 3.14. The molecule has 2 heteroatoms. The highest BCUT2D eigenvalue weighted by molar-refractivity contribution is 6.01. The Bertz CT molecular complexity index is 829. The predicted octanol–water partition coefficient (Wildman–Crippen LogP) is 4.22. The first-order chi connectivity index (χ1) is 11.2. The zero-order valence-electron chi connectivity index (χ0n) is 15.9. The van der Waals surface area contributed by atoms with E-state index < -0.39 is 0 Å². The molecule has 0 saturated carbocycles. The second-order valence-corrected chi connectivity index (χ2v) is 5.56. The minimum absolute atomic E-state index is 0.0181. The summed E-state index contributed by atoms with van der Waals surface area (Å²) < 4.78 is 38.4. The van der Waals surface area contributed by atoms with E-state index in [1.54, 1.807) is 13.0 Å². The number of nitrogens with zero attached hydrogens (tertiary/aromatic N) is 1. The van der Waals surface area contributed by atoms with E-state index >= 15 is 0 Å². The fourth-order valence-corrected chi connectivity index (χ4v) is 2.12. The molecule has 0 bridgehead atoms. The van der Waals surface area contributed by atoms with Crippen LogP contribution >= 0.6 is 0 Å². The van der Waals surface area contributed by atoms with Crippen LogP contribution in [0.2, 0.25) is 0 Å². The topological polar surface area (TPSA) is 21.6 Å². The van der Waals surface area contributed by atoms with Gasteiger partial charge in [-0.1, -0.05) is 47.9 Å². The van der Waals surface area contributed by atoms with E-state index in [9.17, 15) is 0 Å². The van der Waals surface area contributed by atoms with Crippen LogP contribution in [0.4, 0.5) is 0 Å². The molecule has 0 saturated heterocycles. The summed E-state index contributed by atoms with van der Waals surface area (Å²) in [6, 6.07) is 7.16. The summed E-state index contributed by atoms with van der Waals surface area (Å²) in [7, 11) is 0. The van der Waals surface area contributed by atoms with Crippen LogP contribution in [-0.2, 0) is 4.74 Å². The number of benzene rings is 2. The van der Waals surface area contributed by atoms with Crippen molar-refractivity contribution in [1.29, 1.82) is 0 Å². The van der Waals surface area contributed by atoms with Crippen molar-refractivity contribution in [2.75, 3.05) is 6.61 Å². The molecule has 2 aromatic rings. The van der Waals surface area contributed by atoms with Gasteiger partial charge >= 0.3 is 0 Å². The number of hydrogen-bond acceptors (Lipinski definition) is 2. The molecule has 0 aromatic heterocycles. The van der Waals surface area contributed by atoms with E-state index in [-0.39, 0.29) is 35.3 Å². The van der Waals surface area contributed by atoms with Crippen molar-refractivity contribution in [3.8, 4) is 11.1 Å². The summed E-state index contributed by atoms with van der Waals surface area (Å²) in [5.74, 6) is 0.480. The Hall–Kier alpha value is -2.09. The van der Waals surface area contributed by atoms with Gasteiger partial charge in [0.25, 0.3) is 0 Å². The first-order valence-corrected chi connectivity index (χ1v) is 6.62. The fourth-order valence-electron chi connectivity index (χ4n) is 2.12. The molecular formula is C18H19NO. The maximum Gasteiger partial charge on any atom is 0.217 e. The molecule has 0 unspecified atom stereocenters. The first kappa shape index (κ1) is 8.96. The lowest BCUT2D eigenvalue weighted by Gasteiger charge is -2.09. The molecule has 1 aliphatic heterocycles. The summed E-state index contributed by atoms with van der Waals surface area (Å²) in [6.45, 7) is 6.02. The monoisotopic (exact) mass is 269 g/mol. The quantitative estimate of drug-likeness (QED) is 0.800. The Morgan fingerprint density at radius 3 is 2.35 bits per heavy atom. The number of aliphatic imine (C=N–C) groups is 1. The van der Waals surface area contributed by atoms with Gasteiger partial charge in [0.2, 0.25) is 5.90 Å². The summed E-state index contributed by atoms with van der Waals surface area (Å²) in [5, 5.41) is 0. The van der Waals surface area contributed by atoms with E-state index in [0.717, 1.165) is 0 Å². The van der Waals surface area contributed by atoms with Gasteiger partial charge in [0.05, 0.1) is 11.0 Å². The third-order valence-electron chi connectivity index (χ3n) is 3.14. The molecule has 1 heterocycles. The average molecular weight is 269 g/mol. The second kappa shape index (κ2) is 4.78. The van der Waals surface area contributed by atoms with E-state index in [1.165, 1.54) is 0 Å². The van der Waals surface area contributed by atoms with Crippen LogP contribution in [0.1, 0.15) is 30.5 Å². The molecule has 0 radical (unpaired) electrons. The molecule has 0 amide bonds. The number of ether oxygens (including phenoxy) is 1. The van der Waals surface area contributed by atoms with E-state index in [2.05, 4.69) is 4.99 Å². The van der Waals surface area contributed by atoms with Gasteiger partial charge in [0.1, 0.15) is 6.61 Å². The van der Waals surface area contributed by atoms with Gasteiger partial charge in [-0.15, -0.1) is 0 Å². The zero-order chi connectivity index (χ0) is 17.6. The molecule has 3 rings (SSSR count). The van der Waals surface area contributed by atoms with Gasteiger partial charge in [-0.2, -0.15) is 0 Å². The lowest BCUT2D eigenvalue weighted by Crippen LogP contribution is -2.17. The van der Waals surface area contributed by atoms with Gasteiger partial charge in [0.15, 0.2) is 0 Å². The number of hydrogen-bond donors (Lipinski definition) is 0. The maximum atomic E-state index is 8.29. The Morgan fingerprint density at radius 1 is 1.10 bits per heavy atom. The maximum absolute atomic E-state index is 8.29. The first-order valence-electron chi connectivity index (χ1n) is 8.62. The second-order valence-electron chi connectivity index (χ2n) is 5.56. The molecule has 0 N–H and O–H groups in total. The van der Waals surface area contributed by atoms with Gasteiger partial charge in [0, 0.05) is 5.56 Å². The van der Waals surface area contributed by atoms with Gasteiger partial charge in [-0.3, -0.25) is 0 Å². The highest BCUT2D eigenvalue weighted by atomic mass is 16.5. The smallest absolute Gasteiger partial charge is 0.217 e. The minimum atomic E-state index is -0.315. The zero-order valence-corrected chi connectivity index (χ0v) is 11.9. The Balaban J connectivity index is 2.27. The van der Waals surface area contributed by atoms with Crippen LogP contribution in [0.3, 0.4) is 0 Å². The van der Waals surface area contributed by atoms with Crippen LogP contribution in [0.15, 0.2) is 53.4 Å². The Kier molecular flexibility index (Phi) is 2.14. The van der Waals surface area contributed by atoms with Crippen molar-refractivity contribution in [2.45, 2.75) is 26.3 Å². The van der Waals surface area contributed by atoms with Crippen molar-refractivity contribution in [3.05, 3.63) is 59.6 Å². The SMILES string of the molecule is [2H]c1c([2H])c(-c2ccccc2C2=NC(C)(C)CO2)c([2H])c([2H])c1C. The summed E-state index contributed by atoms with van der Waals surface area (Å²) >= 11 is 0. The summed E-state index contributed by atoms with van der Waals surface area (Å²) in [6.07, 6.45) is 0. The molecule has 1 aliphatic rings. The Morgan fingerprint density at radius 2 is 1.75 bits per heavy atom. The van der Waals surface area contributed by atoms with Crippen LogP contribution in [-0.4, -0.2) is 18.0 Å². The molecule has 2 aromatic carbocycles.